The van der Waals surface area contributed by atoms with Crippen LogP contribution in [0.3, 0.4) is 0 Å². The SMILES string of the molecule is C=CC[Si](C)(Cl)C([Si](C)C)([Si](C)C)[Si](C)C. The van der Waals surface area contributed by atoms with E-state index in [0.717, 1.165) is 6.04 Å². The van der Waals surface area contributed by atoms with E-state index < -0.39 is 7.38 Å². The van der Waals surface area contributed by atoms with E-state index in [1.807, 2.05) is 0 Å². The van der Waals surface area contributed by atoms with Gasteiger partial charge in [0.05, 0.1) is 0 Å². The van der Waals surface area contributed by atoms with E-state index in [2.05, 4.69) is 58.5 Å². The lowest BCUT2D eigenvalue weighted by Crippen LogP contribution is -2.61. The second-order valence-electron chi connectivity index (χ2n) is 5.44. The summed E-state index contributed by atoms with van der Waals surface area (Å²) in [5, 5.41) is 0. The van der Waals surface area contributed by atoms with Gasteiger partial charge in [0.15, 0.2) is 7.38 Å². The molecule has 0 aliphatic rings. The van der Waals surface area contributed by atoms with Gasteiger partial charge in [-0.1, -0.05) is 51.9 Å². The Morgan fingerprint density at radius 3 is 1.56 bits per heavy atom. The first kappa shape index (κ1) is 16.9. The molecule has 0 bridgehead atoms. The van der Waals surface area contributed by atoms with E-state index >= 15 is 0 Å². The lowest BCUT2D eigenvalue weighted by Gasteiger charge is -2.51. The highest BCUT2D eigenvalue weighted by atomic mass is 35.6. The highest BCUT2D eigenvalue weighted by Gasteiger charge is 2.55. The maximum atomic E-state index is 7.09. The maximum absolute atomic E-state index is 7.09. The molecule has 16 heavy (non-hydrogen) atoms. The number of hydrogen-bond acceptors (Lipinski definition) is 0. The van der Waals surface area contributed by atoms with Crippen molar-refractivity contribution >= 4 is 44.9 Å². The third-order valence-corrected chi connectivity index (χ3v) is 31.9. The number of halogens is 1. The Morgan fingerprint density at radius 2 is 1.38 bits per heavy atom. The Balaban J connectivity index is 5.60. The summed E-state index contributed by atoms with van der Waals surface area (Å²) in [5.74, 6) is 0. The van der Waals surface area contributed by atoms with Gasteiger partial charge in [-0.2, -0.15) is 11.1 Å². The summed E-state index contributed by atoms with van der Waals surface area (Å²) in [6.45, 7) is 21.2. The van der Waals surface area contributed by atoms with E-state index in [1.54, 1.807) is 0 Å². The van der Waals surface area contributed by atoms with Crippen molar-refractivity contribution in [1.82, 2.24) is 0 Å². The van der Waals surface area contributed by atoms with Gasteiger partial charge in [0.25, 0.3) is 0 Å². The zero-order valence-corrected chi connectivity index (χ0v) is 16.6. The van der Waals surface area contributed by atoms with Crippen LogP contribution in [0, 0.1) is 0 Å². The first-order valence-corrected chi connectivity index (χ1v) is 17.1. The summed E-state index contributed by atoms with van der Waals surface area (Å²) in [7, 11) is -2.70. The fraction of sp³-hybridized carbons (Fsp3) is 0.818. The van der Waals surface area contributed by atoms with E-state index in [9.17, 15) is 0 Å². The molecule has 0 saturated carbocycles. The lowest BCUT2D eigenvalue weighted by molar-refractivity contribution is 1.29. The number of rotatable bonds is 6. The molecule has 0 fully saturated rings. The minimum atomic E-state index is -1.68. The minimum absolute atomic E-state index is 0.338. The van der Waals surface area contributed by atoms with Crippen molar-refractivity contribution in [3.05, 3.63) is 12.7 Å². The van der Waals surface area contributed by atoms with Crippen molar-refractivity contribution in [1.29, 1.82) is 0 Å². The van der Waals surface area contributed by atoms with Crippen molar-refractivity contribution in [2.24, 2.45) is 0 Å². The van der Waals surface area contributed by atoms with Gasteiger partial charge in [-0.25, -0.2) is 0 Å². The molecule has 0 aliphatic heterocycles. The molecule has 0 nitrogen and oxygen atoms in total. The zero-order chi connectivity index (χ0) is 13.1. The minimum Gasteiger partial charge on any atom is -0.167 e. The Morgan fingerprint density at radius 1 is 1.06 bits per heavy atom. The molecular weight excluding hydrogens is 280 g/mol. The van der Waals surface area contributed by atoms with Crippen molar-refractivity contribution < 1.29 is 0 Å². The molecule has 0 saturated heterocycles. The number of hydrogen-bond donors (Lipinski definition) is 0. The van der Waals surface area contributed by atoms with Crippen LogP contribution in [0.5, 0.6) is 0 Å². The predicted molar refractivity (Wildman–Crippen MR) is 87.6 cm³/mol. The highest BCUT2D eigenvalue weighted by molar-refractivity contribution is 7.35. The highest BCUT2D eigenvalue weighted by Crippen LogP contribution is 2.49. The van der Waals surface area contributed by atoms with Gasteiger partial charge in [0, 0.05) is 26.4 Å². The van der Waals surface area contributed by atoms with Crippen LogP contribution in [0.4, 0.5) is 0 Å². The molecule has 0 aromatic heterocycles. The molecule has 0 amide bonds. The molecular formula is C11H26ClSi4. The first-order valence-electron chi connectivity index (χ1n) is 5.86. The summed E-state index contributed by atoms with van der Waals surface area (Å²) < 4.78 is 0.586. The van der Waals surface area contributed by atoms with Crippen molar-refractivity contribution in [3.8, 4) is 0 Å². The molecule has 3 radical (unpaired) electrons. The molecule has 93 valence electrons. The van der Waals surface area contributed by atoms with Crippen LogP contribution in [0.2, 0.25) is 55.8 Å². The third kappa shape index (κ3) is 2.83. The van der Waals surface area contributed by atoms with Crippen molar-refractivity contribution in [2.75, 3.05) is 0 Å². The molecule has 0 spiro atoms. The predicted octanol–water partition coefficient (Wildman–Crippen LogP) is 4.61. The van der Waals surface area contributed by atoms with Gasteiger partial charge in [-0.05, 0) is 9.95 Å². The van der Waals surface area contributed by atoms with E-state index in [-0.39, 0.29) is 26.4 Å². The molecule has 1 unspecified atom stereocenters. The van der Waals surface area contributed by atoms with Crippen LogP contribution >= 0.6 is 11.1 Å². The van der Waals surface area contributed by atoms with Gasteiger partial charge in [0.1, 0.15) is 0 Å². The van der Waals surface area contributed by atoms with Gasteiger partial charge < -0.3 is 0 Å². The molecule has 5 heteroatoms. The Kier molecular flexibility index (Phi) is 6.52. The van der Waals surface area contributed by atoms with Gasteiger partial charge in [-0.15, -0.1) is 6.58 Å². The third-order valence-electron chi connectivity index (χ3n) is 3.56. The monoisotopic (exact) mass is 305 g/mol. The van der Waals surface area contributed by atoms with Crippen molar-refractivity contribution in [3.63, 3.8) is 0 Å². The Labute approximate surface area is 113 Å². The first-order chi connectivity index (χ1) is 7.14. The van der Waals surface area contributed by atoms with Crippen LogP contribution in [-0.2, 0) is 0 Å². The van der Waals surface area contributed by atoms with Gasteiger partial charge in [-0.3, -0.25) is 0 Å². The Hall–Kier alpha value is 0.898. The van der Waals surface area contributed by atoms with Gasteiger partial charge >= 0.3 is 0 Å². The van der Waals surface area contributed by atoms with Crippen LogP contribution in [-0.4, -0.2) is 33.8 Å². The van der Waals surface area contributed by atoms with Crippen LogP contribution in [0.25, 0.3) is 0 Å². The fourth-order valence-corrected chi connectivity index (χ4v) is 35.2. The topological polar surface area (TPSA) is 0 Å². The molecule has 0 aromatic carbocycles. The normalized spacial score (nSPS) is 16.9. The quantitative estimate of drug-likeness (QED) is 0.382. The molecule has 0 aliphatic carbocycles. The summed E-state index contributed by atoms with van der Waals surface area (Å²) in [6, 6.07) is 1.08. The summed E-state index contributed by atoms with van der Waals surface area (Å²) in [6.07, 6.45) is 2.06. The van der Waals surface area contributed by atoms with Crippen LogP contribution < -0.4 is 0 Å². The molecule has 0 rings (SSSR count). The standard InChI is InChI=1S/C11H26ClSi4/c1-9-10-16(8,12)11(13(2)3,14(4)5)15(6)7/h9H,1,10H2,2-8H3. The lowest BCUT2D eigenvalue weighted by atomic mass is 10.8. The van der Waals surface area contributed by atoms with E-state index in [1.165, 1.54) is 0 Å². The smallest absolute Gasteiger partial charge is 0.154 e. The number of allylic oxidation sites excluding steroid dienone is 1. The molecule has 0 N–H and O–H groups in total. The Bertz CT molecular complexity index is 214. The zero-order valence-electron chi connectivity index (χ0n) is 11.9. The molecule has 0 heterocycles. The van der Waals surface area contributed by atoms with Crippen molar-refractivity contribution in [2.45, 2.75) is 55.8 Å². The van der Waals surface area contributed by atoms with E-state index in [0.29, 0.717) is 3.91 Å². The van der Waals surface area contributed by atoms with Crippen LogP contribution in [0.1, 0.15) is 0 Å². The maximum Gasteiger partial charge on any atom is 0.154 e. The second kappa shape index (κ2) is 6.18. The second-order valence-corrected chi connectivity index (χ2v) is 22.7. The van der Waals surface area contributed by atoms with Gasteiger partial charge in [0.2, 0.25) is 0 Å². The molecule has 1 atom stereocenters. The summed E-state index contributed by atoms with van der Waals surface area (Å²) >= 11 is 7.09. The summed E-state index contributed by atoms with van der Waals surface area (Å²) in [5.41, 5.74) is 0. The fourth-order valence-electron chi connectivity index (χ4n) is 3.49. The molecule has 0 aromatic rings. The average molecular weight is 306 g/mol. The van der Waals surface area contributed by atoms with E-state index in [4.69, 9.17) is 11.1 Å². The largest absolute Gasteiger partial charge is 0.167 e. The summed E-state index contributed by atoms with van der Waals surface area (Å²) in [4.78, 5) is 0. The average Bonchev–Trinajstić information content (AvgIpc) is 2.00. The van der Waals surface area contributed by atoms with Crippen LogP contribution in [0.15, 0.2) is 12.7 Å².